The number of amides is 2. The molecule has 3 aromatic rings. The Hall–Kier alpha value is -3.66. The molecule has 4 rings (SSSR count). The second-order valence-electron chi connectivity index (χ2n) is 7.98. The lowest BCUT2D eigenvalue weighted by atomic mass is 9.96. The molecule has 1 aromatic heterocycles. The minimum atomic E-state index is -0.993. The third-order valence-corrected chi connectivity index (χ3v) is 5.83. The molecule has 9 nitrogen and oxygen atoms in total. The van der Waals surface area contributed by atoms with E-state index in [4.69, 9.17) is 4.74 Å². The van der Waals surface area contributed by atoms with Gasteiger partial charge >= 0.3 is 6.03 Å². The van der Waals surface area contributed by atoms with E-state index in [9.17, 15) is 15.2 Å². The number of aryl methyl sites for hydroxylation is 1. The molecule has 0 fully saturated rings. The van der Waals surface area contributed by atoms with E-state index in [0.717, 1.165) is 22.7 Å². The summed E-state index contributed by atoms with van der Waals surface area (Å²) in [5, 5.41) is 30.7. The summed E-state index contributed by atoms with van der Waals surface area (Å²) in [5.74, 6) is 0.793. The summed E-state index contributed by atoms with van der Waals surface area (Å²) >= 11 is 0. The van der Waals surface area contributed by atoms with Crippen LogP contribution in [0.5, 0.6) is 5.75 Å². The molecule has 1 aliphatic carbocycles. The zero-order valence-electron chi connectivity index (χ0n) is 18.7. The van der Waals surface area contributed by atoms with Crippen LogP contribution in [-0.2, 0) is 0 Å². The predicted molar refractivity (Wildman–Crippen MR) is 124 cm³/mol. The molecule has 9 heteroatoms. The van der Waals surface area contributed by atoms with Gasteiger partial charge in [-0.15, -0.1) is 0 Å². The van der Waals surface area contributed by atoms with Gasteiger partial charge in [-0.3, -0.25) is 0 Å². The Kier molecular flexibility index (Phi) is 6.45. The Bertz CT molecular complexity index is 1170. The first-order chi connectivity index (χ1) is 15.9. The summed E-state index contributed by atoms with van der Waals surface area (Å²) in [5.41, 5.74) is 4.19. The fraction of sp³-hybridized carbons (Fsp3) is 0.250. The van der Waals surface area contributed by atoms with Crippen LogP contribution in [0.3, 0.4) is 0 Å². The fourth-order valence-electron chi connectivity index (χ4n) is 4.30. The number of quaternary nitrogens is 1. The van der Waals surface area contributed by atoms with Crippen LogP contribution in [-0.4, -0.2) is 34.2 Å². The van der Waals surface area contributed by atoms with Gasteiger partial charge in [0.25, 0.3) is 0 Å². The van der Waals surface area contributed by atoms with Gasteiger partial charge in [-0.1, -0.05) is 24.3 Å². The Morgan fingerprint density at radius 1 is 1.18 bits per heavy atom. The molecule has 0 aliphatic heterocycles. The molecule has 3 atom stereocenters. The number of nitrogens with zero attached hydrogens (tertiary/aromatic N) is 2. The quantitative estimate of drug-likeness (QED) is 0.341. The van der Waals surface area contributed by atoms with Crippen LogP contribution in [0.4, 0.5) is 16.2 Å². The summed E-state index contributed by atoms with van der Waals surface area (Å²) in [6, 6.07) is 13.6. The van der Waals surface area contributed by atoms with Gasteiger partial charge in [-0.2, -0.15) is 10.3 Å². The lowest BCUT2D eigenvalue weighted by Gasteiger charge is -2.17. The Morgan fingerprint density at radius 2 is 1.91 bits per heavy atom. The summed E-state index contributed by atoms with van der Waals surface area (Å²) in [6.07, 6.45) is 4.76. The van der Waals surface area contributed by atoms with E-state index >= 15 is 0 Å². The average Bonchev–Trinajstić information content (AvgIpc) is 3.37. The number of nitrogens with one attached hydrogen (secondary N) is 3. The highest BCUT2D eigenvalue weighted by Gasteiger charge is 2.28. The molecular formula is C24H27N5O4. The number of anilines is 1. The SMILES string of the molecule is COc1ccc(NC(=O)N[C@@H]2C=C[C@@H](c3c(C)nn(-c4ccccc4[NH+]([O-])O)c3C)C2)cc1. The molecule has 1 aliphatic rings. The molecule has 2 aromatic carbocycles. The smallest absolute Gasteiger partial charge is 0.319 e. The van der Waals surface area contributed by atoms with Crippen molar-refractivity contribution in [1.29, 1.82) is 0 Å². The Balaban J connectivity index is 1.45. The van der Waals surface area contributed by atoms with Crippen LogP contribution < -0.4 is 20.6 Å². The van der Waals surface area contributed by atoms with Crippen molar-refractivity contribution in [1.82, 2.24) is 15.1 Å². The molecule has 172 valence electrons. The van der Waals surface area contributed by atoms with Gasteiger partial charge in [0.2, 0.25) is 0 Å². The fourth-order valence-corrected chi connectivity index (χ4v) is 4.30. The van der Waals surface area contributed by atoms with Crippen molar-refractivity contribution < 1.29 is 20.0 Å². The molecular weight excluding hydrogens is 422 g/mol. The van der Waals surface area contributed by atoms with Crippen molar-refractivity contribution in [2.24, 2.45) is 0 Å². The molecule has 33 heavy (non-hydrogen) atoms. The number of carbonyl (C=O) groups excluding carboxylic acids is 1. The van der Waals surface area contributed by atoms with E-state index in [1.54, 1.807) is 60.3 Å². The molecule has 0 saturated carbocycles. The lowest BCUT2D eigenvalue weighted by Crippen LogP contribution is -2.99. The highest BCUT2D eigenvalue weighted by Crippen LogP contribution is 2.34. The number of para-hydroxylation sites is 2. The van der Waals surface area contributed by atoms with Gasteiger partial charge in [0.05, 0.1) is 12.8 Å². The number of carbonyl (C=O) groups is 1. The van der Waals surface area contributed by atoms with Crippen molar-refractivity contribution in [2.75, 3.05) is 12.4 Å². The number of allylic oxidation sites excluding steroid dienone is 1. The van der Waals surface area contributed by atoms with E-state index in [0.29, 0.717) is 17.8 Å². The van der Waals surface area contributed by atoms with Gasteiger partial charge in [0, 0.05) is 35.0 Å². The third kappa shape index (κ3) is 4.75. The zero-order valence-corrected chi connectivity index (χ0v) is 18.7. The number of benzene rings is 2. The number of hydrogen-bond acceptors (Lipinski definition) is 5. The molecule has 0 spiro atoms. The minimum Gasteiger partial charge on any atom is -0.595 e. The van der Waals surface area contributed by atoms with E-state index in [1.807, 2.05) is 19.9 Å². The first-order valence-electron chi connectivity index (χ1n) is 10.7. The van der Waals surface area contributed by atoms with E-state index in [2.05, 4.69) is 21.8 Å². The number of ether oxygens (including phenoxy) is 1. The number of hydrogen-bond donors (Lipinski definition) is 4. The maximum Gasteiger partial charge on any atom is 0.319 e. The third-order valence-electron chi connectivity index (χ3n) is 5.83. The van der Waals surface area contributed by atoms with Gasteiger partial charge in [-0.25, -0.2) is 14.7 Å². The van der Waals surface area contributed by atoms with E-state index < -0.39 is 5.23 Å². The summed E-state index contributed by atoms with van der Waals surface area (Å²) in [4.78, 5) is 12.4. The molecule has 0 radical (unpaired) electrons. The number of aromatic nitrogens is 2. The maximum atomic E-state index is 12.4. The van der Waals surface area contributed by atoms with Crippen molar-refractivity contribution in [2.45, 2.75) is 32.2 Å². The van der Waals surface area contributed by atoms with Gasteiger partial charge in [0.1, 0.15) is 11.4 Å². The summed E-state index contributed by atoms with van der Waals surface area (Å²) in [6.45, 7) is 3.87. The van der Waals surface area contributed by atoms with Crippen molar-refractivity contribution >= 4 is 17.4 Å². The highest BCUT2D eigenvalue weighted by molar-refractivity contribution is 5.89. The van der Waals surface area contributed by atoms with Crippen LogP contribution in [0, 0.1) is 19.1 Å². The van der Waals surface area contributed by atoms with Crippen LogP contribution in [0.1, 0.15) is 29.3 Å². The topological polar surface area (TPSA) is 116 Å². The second-order valence-corrected chi connectivity index (χ2v) is 7.98. The molecule has 1 unspecified atom stereocenters. The van der Waals surface area contributed by atoms with Crippen molar-refractivity contribution in [3.63, 3.8) is 0 Å². The minimum absolute atomic E-state index is 0.0713. The highest BCUT2D eigenvalue weighted by atomic mass is 16.8. The van der Waals surface area contributed by atoms with Crippen LogP contribution in [0.25, 0.3) is 5.69 Å². The first-order valence-corrected chi connectivity index (χ1v) is 10.7. The largest absolute Gasteiger partial charge is 0.595 e. The van der Waals surface area contributed by atoms with Crippen LogP contribution in [0.2, 0.25) is 0 Å². The summed E-state index contributed by atoms with van der Waals surface area (Å²) < 4.78 is 6.82. The molecule has 0 saturated heterocycles. The number of urea groups is 1. The monoisotopic (exact) mass is 449 g/mol. The zero-order chi connectivity index (χ0) is 23.5. The Labute approximate surface area is 191 Å². The normalized spacial score (nSPS) is 18.2. The number of rotatable bonds is 6. The Morgan fingerprint density at radius 3 is 2.61 bits per heavy atom. The van der Waals surface area contributed by atoms with Gasteiger partial charge in [-0.05, 0) is 50.6 Å². The van der Waals surface area contributed by atoms with Crippen molar-refractivity contribution in [3.8, 4) is 11.4 Å². The lowest BCUT2D eigenvalue weighted by molar-refractivity contribution is -0.991. The summed E-state index contributed by atoms with van der Waals surface area (Å²) in [7, 11) is 1.59. The maximum absolute atomic E-state index is 12.4. The van der Waals surface area contributed by atoms with E-state index in [-0.39, 0.29) is 23.7 Å². The molecule has 0 bridgehead atoms. The van der Waals surface area contributed by atoms with Gasteiger partial charge in [0.15, 0.2) is 5.69 Å². The molecule has 2 amide bonds. The van der Waals surface area contributed by atoms with E-state index in [1.165, 1.54) is 0 Å². The predicted octanol–water partition coefficient (Wildman–Crippen LogP) is 3.13. The number of methoxy groups -OCH3 is 1. The first kappa shape index (κ1) is 22.5. The standard InChI is InChI=1S/C24H27N5O4/c1-15-23(16(2)28(27-15)21-6-4-5-7-22(21)29(31)32)17-8-9-19(14-17)26-24(30)25-18-10-12-20(33-3)13-11-18/h4-13,17,19,29,31H,14H2,1-3H3,(H2,25,26,30)/t17-,19-/m1/s1. The molecule has 1 heterocycles. The van der Waals surface area contributed by atoms with Crippen molar-refractivity contribution in [3.05, 3.63) is 82.8 Å². The van der Waals surface area contributed by atoms with Gasteiger partial charge < -0.3 is 20.6 Å². The second kappa shape index (κ2) is 9.45. The average molecular weight is 450 g/mol. The van der Waals surface area contributed by atoms with Crippen LogP contribution >= 0.6 is 0 Å². The van der Waals surface area contributed by atoms with Crippen LogP contribution in [0.15, 0.2) is 60.7 Å². The molecule has 4 N–H and O–H groups in total.